The van der Waals surface area contributed by atoms with Gasteiger partial charge in [0, 0.05) is 0 Å². The summed E-state index contributed by atoms with van der Waals surface area (Å²) in [5.41, 5.74) is 0. The lowest BCUT2D eigenvalue weighted by atomic mass is 10.4. The Bertz CT molecular complexity index is 113. The topological polar surface area (TPSA) is 0 Å². The van der Waals surface area contributed by atoms with E-state index in [1.54, 1.807) is 34.5 Å². The molecule has 0 atom stereocenters. The van der Waals surface area contributed by atoms with Crippen molar-refractivity contribution in [2.75, 3.05) is 34.5 Å². The third kappa shape index (κ3) is 4.05. The molecule has 13 heavy (non-hydrogen) atoms. The first kappa shape index (κ1) is 12.3. The van der Waals surface area contributed by atoms with Gasteiger partial charge in [-0.3, -0.25) is 0 Å². The minimum absolute atomic E-state index is 0. The van der Waals surface area contributed by atoms with Gasteiger partial charge in [-0.1, -0.05) is 0 Å². The zero-order valence-corrected chi connectivity index (χ0v) is 11.5. The van der Waals surface area contributed by atoms with Crippen molar-refractivity contribution in [1.82, 2.24) is 0 Å². The first-order valence-electron chi connectivity index (χ1n) is 5.23. The molecule has 0 aromatic rings. The van der Waals surface area contributed by atoms with Gasteiger partial charge < -0.3 is 17.0 Å². The van der Waals surface area contributed by atoms with Crippen LogP contribution in [0, 0.1) is 0 Å². The minimum Gasteiger partial charge on any atom is -1.00 e. The quantitative estimate of drug-likeness (QED) is 0.572. The lowest BCUT2D eigenvalue weighted by Gasteiger charge is -2.00. The molecule has 0 saturated carbocycles. The summed E-state index contributed by atoms with van der Waals surface area (Å²) in [6.45, 7) is 0. The lowest BCUT2D eigenvalue weighted by Crippen LogP contribution is -3.00. The summed E-state index contributed by atoms with van der Waals surface area (Å²) in [7, 11) is 1.77. The van der Waals surface area contributed by atoms with Crippen LogP contribution in [0.25, 0.3) is 0 Å². The fourth-order valence-corrected chi connectivity index (χ4v) is 7.63. The largest absolute Gasteiger partial charge is 1.00 e. The third-order valence-corrected chi connectivity index (χ3v) is 8.18. The van der Waals surface area contributed by atoms with Crippen LogP contribution in [0.15, 0.2) is 0 Å². The van der Waals surface area contributed by atoms with Crippen molar-refractivity contribution in [3.05, 3.63) is 0 Å². The second-order valence-electron chi connectivity index (χ2n) is 3.86. The molecule has 78 valence electrons. The first-order chi connectivity index (χ1) is 5.95. The van der Waals surface area contributed by atoms with Crippen molar-refractivity contribution in [3.63, 3.8) is 0 Å². The van der Waals surface area contributed by atoms with Crippen LogP contribution in [0.1, 0.15) is 25.7 Å². The highest BCUT2D eigenvalue weighted by Gasteiger charge is 2.30. The zero-order chi connectivity index (χ0) is 8.23. The molecule has 0 spiro atoms. The second-order valence-corrected chi connectivity index (χ2v) is 8.76. The highest BCUT2D eigenvalue weighted by Crippen LogP contribution is 2.17. The van der Waals surface area contributed by atoms with Gasteiger partial charge >= 0.3 is 0 Å². The average molecular weight is 284 g/mol. The van der Waals surface area contributed by atoms with Crippen LogP contribution in [-0.2, 0) is 21.8 Å². The summed E-state index contributed by atoms with van der Waals surface area (Å²) in [6.07, 6.45) is 6.15. The van der Waals surface area contributed by atoms with Crippen LogP contribution in [0.5, 0.6) is 0 Å². The van der Waals surface area contributed by atoms with Gasteiger partial charge in [0.25, 0.3) is 0 Å². The fourth-order valence-electron chi connectivity index (χ4n) is 2.07. The van der Waals surface area contributed by atoms with Gasteiger partial charge in [0.15, 0.2) is 11.5 Å². The van der Waals surface area contributed by atoms with E-state index < -0.39 is 0 Å². The molecule has 0 N–H and O–H groups in total. The van der Waals surface area contributed by atoms with Gasteiger partial charge in [0.1, 0.15) is 23.0 Å². The molecule has 2 fully saturated rings. The molecule has 0 bridgehead atoms. The number of halogens is 1. The van der Waals surface area contributed by atoms with Gasteiger partial charge in [-0.25, -0.2) is 0 Å². The van der Waals surface area contributed by atoms with Gasteiger partial charge in [0.2, 0.25) is 0 Å². The molecule has 0 unspecified atom stereocenters. The molecular weight excluding hydrogens is 264 g/mol. The van der Waals surface area contributed by atoms with Gasteiger partial charge in [-0.2, -0.15) is 0 Å². The summed E-state index contributed by atoms with van der Waals surface area (Å²) >= 11 is 0. The summed E-state index contributed by atoms with van der Waals surface area (Å²) in [6, 6.07) is 0. The predicted molar refractivity (Wildman–Crippen MR) is 62.4 cm³/mol. The Morgan fingerprint density at radius 2 is 0.923 bits per heavy atom. The second kappa shape index (κ2) is 6.62. The molecule has 0 radical (unpaired) electrons. The zero-order valence-electron chi connectivity index (χ0n) is 8.27. The third-order valence-electron chi connectivity index (χ3n) is 2.89. The van der Waals surface area contributed by atoms with Crippen molar-refractivity contribution in [2.45, 2.75) is 25.7 Å². The molecule has 3 heteroatoms. The standard InChI is InChI=1S/C10H20S2.BrH/c1-2-6-11(5-1)9-10-12-7-3-4-8-12;/h1-10H2;1H/q+2;/p-1. The van der Waals surface area contributed by atoms with E-state index in [2.05, 4.69) is 0 Å². The van der Waals surface area contributed by atoms with Crippen LogP contribution in [0.2, 0.25) is 0 Å². The summed E-state index contributed by atoms with van der Waals surface area (Å²) in [4.78, 5) is 0. The van der Waals surface area contributed by atoms with Crippen molar-refractivity contribution >= 4 is 21.8 Å². The first-order valence-corrected chi connectivity index (χ1v) is 8.70. The minimum atomic E-state index is 0. The fraction of sp³-hybridized carbons (Fsp3) is 1.00. The molecule has 0 aromatic carbocycles. The molecule has 2 aliphatic rings. The van der Waals surface area contributed by atoms with Crippen molar-refractivity contribution < 1.29 is 17.0 Å². The highest BCUT2D eigenvalue weighted by atomic mass is 79.9. The van der Waals surface area contributed by atoms with Gasteiger partial charge in [0.05, 0.1) is 0 Å². The van der Waals surface area contributed by atoms with Crippen LogP contribution in [0.3, 0.4) is 0 Å². The SMILES string of the molecule is C1CC[S+](CC[S+]2CCCC2)C1.[Br-]. The monoisotopic (exact) mass is 283 g/mol. The molecule has 0 aliphatic carbocycles. The maximum absolute atomic E-state index is 1.60. The average Bonchev–Trinajstić information content (AvgIpc) is 2.74. The molecule has 2 heterocycles. The van der Waals surface area contributed by atoms with E-state index in [1.165, 1.54) is 25.7 Å². The Balaban J connectivity index is 0.000000845. The molecule has 0 amide bonds. The summed E-state index contributed by atoms with van der Waals surface area (Å²) < 4.78 is 0. The van der Waals surface area contributed by atoms with Crippen molar-refractivity contribution in [3.8, 4) is 0 Å². The smallest absolute Gasteiger partial charge is 0.152 e. The number of hydrogen-bond donors (Lipinski definition) is 0. The Hall–Kier alpha value is 1.18. The molecular formula is C10H20BrS2+. The molecule has 2 saturated heterocycles. The number of hydrogen-bond acceptors (Lipinski definition) is 0. The molecule has 0 nitrogen and oxygen atoms in total. The molecule has 0 aromatic heterocycles. The molecule has 2 rings (SSSR count). The van der Waals surface area contributed by atoms with Crippen LogP contribution < -0.4 is 17.0 Å². The molecule has 2 aliphatic heterocycles. The van der Waals surface area contributed by atoms with Crippen molar-refractivity contribution in [1.29, 1.82) is 0 Å². The predicted octanol–water partition coefficient (Wildman–Crippen LogP) is -1.19. The van der Waals surface area contributed by atoms with E-state index in [0.717, 1.165) is 21.8 Å². The highest BCUT2D eigenvalue weighted by molar-refractivity contribution is 8.00. The number of rotatable bonds is 3. The van der Waals surface area contributed by atoms with E-state index in [9.17, 15) is 0 Å². The maximum atomic E-state index is 1.60. The van der Waals surface area contributed by atoms with Gasteiger partial charge in [-0.05, 0) is 47.5 Å². The summed E-state index contributed by atoms with van der Waals surface area (Å²) in [5.74, 6) is 9.52. The Kier molecular flexibility index (Phi) is 6.24. The van der Waals surface area contributed by atoms with Crippen molar-refractivity contribution in [2.24, 2.45) is 0 Å². The normalized spacial score (nSPS) is 24.9. The van der Waals surface area contributed by atoms with Crippen LogP contribution >= 0.6 is 0 Å². The van der Waals surface area contributed by atoms with E-state index in [0.29, 0.717) is 0 Å². The maximum Gasteiger partial charge on any atom is 0.152 e. The van der Waals surface area contributed by atoms with E-state index in [1.807, 2.05) is 0 Å². The van der Waals surface area contributed by atoms with E-state index >= 15 is 0 Å². The van der Waals surface area contributed by atoms with E-state index in [-0.39, 0.29) is 17.0 Å². The van der Waals surface area contributed by atoms with E-state index in [4.69, 9.17) is 0 Å². The van der Waals surface area contributed by atoms with Gasteiger partial charge in [-0.15, -0.1) is 0 Å². The Labute approximate surface area is 98.7 Å². The van der Waals surface area contributed by atoms with Crippen LogP contribution in [0.4, 0.5) is 0 Å². The Morgan fingerprint density at radius 3 is 1.23 bits per heavy atom. The summed E-state index contributed by atoms with van der Waals surface area (Å²) in [5, 5.41) is 0. The Morgan fingerprint density at radius 1 is 0.615 bits per heavy atom. The lowest BCUT2D eigenvalue weighted by molar-refractivity contribution is -0.00000251. The van der Waals surface area contributed by atoms with Crippen LogP contribution in [-0.4, -0.2) is 34.5 Å².